The molecule has 1 aromatic heterocycles. The van der Waals surface area contributed by atoms with Crippen LogP contribution in [0.1, 0.15) is 6.42 Å². The number of nitrogens with two attached hydrogens (primary N) is 1. The van der Waals surface area contributed by atoms with E-state index in [1.807, 2.05) is 0 Å². The van der Waals surface area contributed by atoms with E-state index < -0.39 is 9.84 Å². The maximum Gasteiger partial charge on any atom is 0.200 e. The Morgan fingerprint density at radius 1 is 1.64 bits per heavy atom. The Labute approximate surface area is 82.9 Å². The highest BCUT2D eigenvalue weighted by atomic mass is 32.2. The van der Waals surface area contributed by atoms with Gasteiger partial charge in [0.1, 0.15) is 0 Å². The molecular formula is C8H13N3O2S. The second-order valence-electron chi connectivity index (χ2n) is 3.71. The Balaban J connectivity index is 2.04. The molecule has 6 heteroatoms. The van der Waals surface area contributed by atoms with Crippen LogP contribution in [0.3, 0.4) is 0 Å². The Bertz CT molecular complexity index is 424. The molecule has 1 saturated heterocycles. The zero-order valence-corrected chi connectivity index (χ0v) is 8.57. The molecule has 2 heterocycles. The van der Waals surface area contributed by atoms with E-state index in [1.165, 1.54) is 0 Å². The predicted molar refractivity (Wildman–Crippen MR) is 53.4 cm³/mol. The summed E-state index contributed by atoms with van der Waals surface area (Å²) in [5.74, 6) is 1.24. The first-order valence-corrected chi connectivity index (χ1v) is 6.36. The van der Waals surface area contributed by atoms with Crippen LogP contribution in [0.25, 0.3) is 0 Å². The zero-order chi connectivity index (χ0) is 10.2. The number of anilines is 1. The monoisotopic (exact) mass is 215 g/mol. The Hall–Kier alpha value is -1.04. The minimum atomic E-state index is -2.79. The van der Waals surface area contributed by atoms with E-state index >= 15 is 0 Å². The molecule has 1 atom stereocenters. The van der Waals surface area contributed by atoms with Crippen LogP contribution in [0.2, 0.25) is 0 Å². The molecule has 0 aliphatic carbocycles. The lowest BCUT2D eigenvalue weighted by molar-refractivity contribution is 0.495. The van der Waals surface area contributed by atoms with Gasteiger partial charge in [-0.3, -0.25) is 0 Å². The molecule has 1 aromatic rings. The zero-order valence-electron chi connectivity index (χ0n) is 7.76. The van der Waals surface area contributed by atoms with Gasteiger partial charge in [0.25, 0.3) is 0 Å². The number of hydrogen-bond donors (Lipinski definition) is 1. The van der Waals surface area contributed by atoms with Gasteiger partial charge in [-0.15, -0.1) is 0 Å². The van der Waals surface area contributed by atoms with Crippen molar-refractivity contribution in [1.29, 1.82) is 0 Å². The van der Waals surface area contributed by atoms with Gasteiger partial charge in [0.05, 0.1) is 11.5 Å². The quantitative estimate of drug-likeness (QED) is 0.747. The van der Waals surface area contributed by atoms with E-state index in [-0.39, 0.29) is 11.7 Å². The standard InChI is InChI=1S/C8H13N3O2S/c9-8-10-2-3-11(8)5-7-1-4-14(12,13)6-7/h2-3,7H,1,4-6H2,(H2,9,10). The molecule has 0 aromatic carbocycles. The molecule has 1 fully saturated rings. The van der Waals surface area contributed by atoms with E-state index in [1.54, 1.807) is 17.0 Å². The Morgan fingerprint density at radius 3 is 2.93 bits per heavy atom. The molecule has 0 bridgehead atoms. The van der Waals surface area contributed by atoms with Crippen molar-refractivity contribution in [3.63, 3.8) is 0 Å². The van der Waals surface area contributed by atoms with Crippen molar-refractivity contribution in [1.82, 2.24) is 9.55 Å². The van der Waals surface area contributed by atoms with Crippen molar-refractivity contribution >= 4 is 15.8 Å². The summed E-state index contributed by atoms with van der Waals surface area (Å²) in [5.41, 5.74) is 5.59. The molecule has 1 unspecified atom stereocenters. The maximum atomic E-state index is 11.2. The fraction of sp³-hybridized carbons (Fsp3) is 0.625. The second kappa shape index (κ2) is 3.27. The maximum absolute atomic E-state index is 11.2. The predicted octanol–water partition coefficient (Wildman–Crippen LogP) is -0.1000. The summed E-state index contributed by atoms with van der Waals surface area (Å²) in [4.78, 5) is 3.89. The summed E-state index contributed by atoms with van der Waals surface area (Å²) in [6.07, 6.45) is 4.14. The average molecular weight is 215 g/mol. The highest BCUT2D eigenvalue weighted by Gasteiger charge is 2.28. The van der Waals surface area contributed by atoms with Gasteiger partial charge < -0.3 is 10.3 Å². The third kappa shape index (κ3) is 1.89. The fourth-order valence-corrected chi connectivity index (χ4v) is 3.64. The number of sulfone groups is 1. The topological polar surface area (TPSA) is 78.0 Å². The summed E-state index contributed by atoms with van der Waals surface area (Å²) in [7, 11) is -2.79. The van der Waals surface area contributed by atoms with Gasteiger partial charge >= 0.3 is 0 Å². The summed E-state index contributed by atoms with van der Waals surface area (Å²) in [6, 6.07) is 0. The van der Waals surface area contributed by atoms with E-state index in [4.69, 9.17) is 5.73 Å². The first kappa shape index (κ1) is 9.51. The van der Waals surface area contributed by atoms with Crippen molar-refractivity contribution in [2.24, 2.45) is 5.92 Å². The molecule has 0 amide bonds. The number of imidazole rings is 1. The lowest BCUT2D eigenvalue weighted by Crippen LogP contribution is -2.13. The van der Waals surface area contributed by atoms with Crippen LogP contribution in [-0.2, 0) is 16.4 Å². The van der Waals surface area contributed by atoms with E-state index in [0.717, 1.165) is 6.42 Å². The summed E-state index contributed by atoms with van der Waals surface area (Å²) >= 11 is 0. The largest absolute Gasteiger partial charge is 0.369 e. The van der Waals surface area contributed by atoms with Crippen LogP contribution < -0.4 is 5.73 Å². The van der Waals surface area contributed by atoms with Crippen LogP contribution >= 0.6 is 0 Å². The van der Waals surface area contributed by atoms with Crippen molar-refractivity contribution < 1.29 is 8.42 Å². The molecule has 0 spiro atoms. The normalized spacial score (nSPS) is 25.3. The molecule has 14 heavy (non-hydrogen) atoms. The number of aromatic nitrogens is 2. The van der Waals surface area contributed by atoms with E-state index in [9.17, 15) is 8.42 Å². The molecule has 78 valence electrons. The van der Waals surface area contributed by atoms with Crippen molar-refractivity contribution in [2.75, 3.05) is 17.2 Å². The molecule has 2 rings (SSSR count). The van der Waals surface area contributed by atoms with Gasteiger partial charge in [0, 0.05) is 18.9 Å². The molecule has 0 radical (unpaired) electrons. The number of nitrogens with zero attached hydrogens (tertiary/aromatic N) is 2. The van der Waals surface area contributed by atoms with Gasteiger partial charge in [-0.1, -0.05) is 0 Å². The minimum absolute atomic E-state index is 0.191. The van der Waals surface area contributed by atoms with Gasteiger partial charge in [-0.2, -0.15) is 0 Å². The van der Waals surface area contributed by atoms with Crippen LogP contribution in [0.4, 0.5) is 5.95 Å². The Kier molecular flexibility index (Phi) is 2.22. The lowest BCUT2D eigenvalue weighted by Gasteiger charge is -2.09. The van der Waals surface area contributed by atoms with E-state index in [2.05, 4.69) is 4.98 Å². The van der Waals surface area contributed by atoms with Gasteiger partial charge in [-0.25, -0.2) is 13.4 Å². The first-order valence-electron chi connectivity index (χ1n) is 4.54. The van der Waals surface area contributed by atoms with E-state index in [0.29, 0.717) is 18.2 Å². The van der Waals surface area contributed by atoms with Crippen LogP contribution in [0.15, 0.2) is 12.4 Å². The summed E-state index contributed by atoms with van der Waals surface area (Å²) < 4.78 is 24.2. The number of nitrogen functional groups attached to an aromatic ring is 1. The third-order valence-electron chi connectivity index (χ3n) is 2.53. The van der Waals surface area contributed by atoms with Crippen LogP contribution in [0.5, 0.6) is 0 Å². The molecule has 5 nitrogen and oxygen atoms in total. The van der Waals surface area contributed by atoms with Gasteiger partial charge in [-0.05, 0) is 12.3 Å². The fourth-order valence-electron chi connectivity index (χ4n) is 1.79. The molecule has 1 aliphatic rings. The smallest absolute Gasteiger partial charge is 0.200 e. The summed E-state index contributed by atoms with van der Waals surface area (Å²) in [5, 5.41) is 0. The lowest BCUT2D eigenvalue weighted by atomic mass is 10.1. The SMILES string of the molecule is Nc1nccn1CC1CCS(=O)(=O)C1. The number of hydrogen-bond acceptors (Lipinski definition) is 4. The minimum Gasteiger partial charge on any atom is -0.369 e. The highest BCUT2D eigenvalue weighted by Crippen LogP contribution is 2.20. The average Bonchev–Trinajstić information content (AvgIpc) is 2.61. The molecular weight excluding hydrogens is 202 g/mol. The van der Waals surface area contributed by atoms with Crippen molar-refractivity contribution in [3.05, 3.63) is 12.4 Å². The third-order valence-corrected chi connectivity index (χ3v) is 4.37. The van der Waals surface area contributed by atoms with Crippen molar-refractivity contribution in [3.8, 4) is 0 Å². The van der Waals surface area contributed by atoms with Crippen molar-refractivity contribution in [2.45, 2.75) is 13.0 Å². The van der Waals surface area contributed by atoms with Gasteiger partial charge in [0.15, 0.2) is 15.8 Å². The number of rotatable bonds is 2. The highest BCUT2D eigenvalue weighted by molar-refractivity contribution is 7.91. The van der Waals surface area contributed by atoms with Crippen LogP contribution in [-0.4, -0.2) is 29.5 Å². The second-order valence-corrected chi connectivity index (χ2v) is 5.94. The Morgan fingerprint density at radius 2 is 2.43 bits per heavy atom. The molecule has 2 N–H and O–H groups in total. The first-order chi connectivity index (χ1) is 6.57. The summed E-state index contributed by atoms with van der Waals surface area (Å²) in [6.45, 7) is 0.658. The van der Waals surface area contributed by atoms with Gasteiger partial charge in [0.2, 0.25) is 0 Å². The van der Waals surface area contributed by atoms with Crippen LogP contribution in [0, 0.1) is 5.92 Å². The molecule has 0 saturated carbocycles. The molecule has 1 aliphatic heterocycles.